The Labute approximate surface area is 230 Å². The number of alkyl halides is 3. The fraction of sp³-hybridized carbons (Fsp3) is 0.360. The Hall–Kier alpha value is -3.51. The van der Waals surface area contributed by atoms with E-state index in [4.69, 9.17) is 23.2 Å². The number of aromatic nitrogens is 2. The van der Waals surface area contributed by atoms with Gasteiger partial charge in [0.2, 0.25) is 5.91 Å². The summed E-state index contributed by atoms with van der Waals surface area (Å²) in [6, 6.07) is 10.1. The first-order chi connectivity index (χ1) is 18.5. The summed E-state index contributed by atoms with van der Waals surface area (Å²) < 4.78 is 37.7. The molecule has 0 unspecified atom stereocenters. The second kappa shape index (κ2) is 10.2. The Kier molecular flexibility index (Phi) is 7.10. The Morgan fingerprint density at radius 1 is 1.08 bits per heavy atom. The summed E-state index contributed by atoms with van der Waals surface area (Å²) in [6.45, 7) is -1.57. The van der Waals surface area contributed by atoms with Crippen molar-refractivity contribution in [3.8, 4) is 0 Å². The van der Waals surface area contributed by atoms with E-state index in [0.29, 0.717) is 16.3 Å². The van der Waals surface area contributed by atoms with Gasteiger partial charge in [0.25, 0.3) is 11.8 Å². The van der Waals surface area contributed by atoms with E-state index in [0.717, 1.165) is 10.9 Å². The molecule has 1 aromatic heterocycles. The standard InChI is InChI=1S/C25H23Cl2F3N6O3/c26-18-3-2-17(10-19(18)27)36-14-35(12-21(37)31-13-25(28,29)30)23(39)24(36)5-7-34(8-6-24)22(38)15-1-4-20-16(9-15)11-32-33-20/h1-4,9-11H,5-8,12-14H2,(H,31,37)(H,32,33). The summed E-state index contributed by atoms with van der Waals surface area (Å²) in [5.74, 6) is -1.51. The summed E-state index contributed by atoms with van der Waals surface area (Å²) in [5, 5.41) is 10.00. The molecule has 0 bridgehead atoms. The number of hydrogen-bond acceptors (Lipinski definition) is 5. The van der Waals surface area contributed by atoms with Gasteiger partial charge in [0.05, 0.1) is 28.4 Å². The van der Waals surface area contributed by atoms with E-state index < -0.39 is 36.6 Å². The number of piperidine rings is 1. The van der Waals surface area contributed by atoms with Crippen LogP contribution in [0.5, 0.6) is 0 Å². The SMILES string of the molecule is O=C(CN1CN(c2ccc(Cl)c(Cl)c2)C2(CCN(C(=O)c3ccc4[nH]ncc4c3)CC2)C1=O)NCC(F)(F)F. The first-order valence-electron chi connectivity index (χ1n) is 12.0. The number of nitrogens with one attached hydrogen (secondary N) is 2. The highest BCUT2D eigenvalue weighted by atomic mass is 35.5. The summed E-state index contributed by atoms with van der Waals surface area (Å²) in [6.07, 6.45) is -2.46. The van der Waals surface area contributed by atoms with E-state index in [9.17, 15) is 27.6 Å². The lowest BCUT2D eigenvalue weighted by atomic mass is 9.85. The van der Waals surface area contributed by atoms with Crippen molar-refractivity contribution in [2.24, 2.45) is 0 Å². The number of carbonyl (C=O) groups excluding carboxylic acids is 3. The van der Waals surface area contributed by atoms with Crippen molar-refractivity contribution in [2.75, 3.05) is 37.7 Å². The number of likely N-dealkylation sites (tertiary alicyclic amines) is 1. The van der Waals surface area contributed by atoms with Gasteiger partial charge in [-0.1, -0.05) is 23.2 Å². The van der Waals surface area contributed by atoms with Crippen molar-refractivity contribution < 1.29 is 27.6 Å². The topological polar surface area (TPSA) is 102 Å². The molecule has 3 heterocycles. The fourth-order valence-electron chi connectivity index (χ4n) is 5.13. The van der Waals surface area contributed by atoms with Gasteiger partial charge in [0, 0.05) is 29.7 Å². The zero-order chi connectivity index (χ0) is 27.9. The molecule has 14 heteroatoms. The van der Waals surface area contributed by atoms with Crippen molar-refractivity contribution >= 4 is 57.5 Å². The Bertz CT molecular complexity index is 1440. The van der Waals surface area contributed by atoms with Gasteiger partial charge in [-0.25, -0.2) is 0 Å². The van der Waals surface area contributed by atoms with Crippen molar-refractivity contribution in [1.82, 2.24) is 25.3 Å². The molecule has 9 nitrogen and oxygen atoms in total. The minimum absolute atomic E-state index is 0.0403. The van der Waals surface area contributed by atoms with Crippen LogP contribution < -0.4 is 10.2 Å². The lowest BCUT2D eigenvalue weighted by molar-refractivity contribution is -0.142. The minimum Gasteiger partial charge on any atom is -0.345 e. The molecule has 3 amide bonds. The lowest BCUT2D eigenvalue weighted by Crippen LogP contribution is -2.57. The number of halogens is 5. The number of amides is 3. The van der Waals surface area contributed by atoms with Crippen molar-refractivity contribution in [1.29, 1.82) is 0 Å². The van der Waals surface area contributed by atoms with Gasteiger partial charge in [0.1, 0.15) is 18.6 Å². The van der Waals surface area contributed by atoms with Crippen LogP contribution in [0.2, 0.25) is 10.0 Å². The minimum atomic E-state index is -4.57. The molecule has 39 heavy (non-hydrogen) atoms. The molecule has 0 saturated carbocycles. The third kappa shape index (κ3) is 5.35. The highest BCUT2D eigenvalue weighted by Gasteiger charge is 2.54. The van der Waals surface area contributed by atoms with Gasteiger partial charge < -0.3 is 20.0 Å². The average molecular weight is 583 g/mol. The predicted octanol–water partition coefficient (Wildman–Crippen LogP) is 3.83. The number of hydrogen-bond donors (Lipinski definition) is 2. The molecule has 2 aromatic carbocycles. The summed E-state index contributed by atoms with van der Waals surface area (Å²) in [7, 11) is 0. The Morgan fingerprint density at radius 2 is 1.82 bits per heavy atom. The van der Waals surface area contributed by atoms with Gasteiger partial charge in [-0.05, 0) is 49.2 Å². The molecule has 206 valence electrons. The number of H-pyrrole nitrogens is 1. The maximum Gasteiger partial charge on any atom is 0.405 e. The second-order valence-corrected chi connectivity index (χ2v) is 10.4. The Morgan fingerprint density at radius 3 is 2.51 bits per heavy atom. The van der Waals surface area contributed by atoms with Crippen LogP contribution in [0.3, 0.4) is 0 Å². The van der Waals surface area contributed by atoms with E-state index in [-0.39, 0.29) is 43.5 Å². The average Bonchev–Trinajstić information content (AvgIpc) is 3.47. The van der Waals surface area contributed by atoms with Crippen LogP contribution in [-0.2, 0) is 9.59 Å². The third-order valence-corrected chi connectivity index (χ3v) is 7.85. The molecular weight excluding hydrogens is 560 g/mol. The highest BCUT2D eigenvalue weighted by molar-refractivity contribution is 6.42. The normalized spacial score (nSPS) is 17.4. The number of anilines is 1. The van der Waals surface area contributed by atoms with Gasteiger partial charge in [0.15, 0.2) is 0 Å². The Balaban J connectivity index is 1.37. The monoisotopic (exact) mass is 582 g/mol. The second-order valence-electron chi connectivity index (χ2n) is 9.56. The van der Waals surface area contributed by atoms with E-state index in [1.165, 1.54) is 4.90 Å². The summed E-state index contributed by atoms with van der Waals surface area (Å²) in [4.78, 5) is 43.9. The number of nitrogens with zero attached hydrogens (tertiary/aromatic N) is 4. The molecule has 2 N–H and O–H groups in total. The number of rotatable bonds is 5. The fourth-order valence-corrected chi connectivity index (χ4v) is 5.43. The first kappa shape index (κ1) is 27.1. The smallest absolute Gasteiger partial charge is 0.345 e. The van der Waals surface area contributed by atoms with Gasteiger partial charge in [-0.2, -0.15) is 18.3 Å². The molecule has 5 rings (SSSR count). The molecule has 2 aliphatic rings. The van der Waals surface area contributed by atoms with Crippen molar-refractivity contribution in [2.45, 2.75) is 24.6 Å². The van der Waals surface area contributed by atoms with Crippen LogP contribution in [0, 0.1) is 0 Å². The maximum atomic E-state index is 13.7. The van der Waals surface area contributed by atoms with Crippen LogP contribution in [0.15, 0.2) is 42.6 Å². The van der Waals surface area contributed by atoms with Gasteiger partial charge in [-0.15, -0.1) is 0 Å². The van der Waals surface area contributed by atoms with E-state index in [2.05, 4.69) is 10.2 Å². The first-order valence-corrected chi connectivity index (χ1v) is 12.8. The van der Waals surface area contributed by atoms with Crippen LogP contribution in [0.25, 0.3) is 10.9 Å². The van der Waals surface area contributed by atoms with Gasteiger partial charge >= 0.3 is 6.18 Å². The summed E-state index contributed by atoms with van der Waals surface area (Å²) >= 11 is 12.3. The maximum absolute atomic E-state index is 13.7. The largest absolute Gasteiger partial charge is 0.405 e. The molecule has 3 aromatic rings. The van der Waals surface area contributed by atoms with Crippen molar-refractivity contribution in [3.05, 3.63) is 58.2 Å². The van der Waals surface area contributed by atoms with Crippen LogP contribution >= 0.6 is 23.2 Å². The van der Waals surface area contributed by atoms with E-state index in [1.54, 1.807) is 52.4 Å². The lowest BCUT2D eigenvalue weighted by Gasteiger charge is -2.43. The molecule has 2 saturated heterocycles. The molecule has 0 radical (unpaired) electrons. The molecule has 0 atom stereocenters. The molecule has 2 aliphatic heterocycles. The molecular formula is C25H23Cl2F3N6O3. The summed E-state index contributed by atoms with van der Waals surface area (Å²) in [5.41, 5.74) is 0.743. The zero-order valence-corrected chi connectivity index (χ0v) is 21.9. The van der Waals surface area contributed by atoms with Crippen LogP contribution in [-0.4, -0.2) is 82.3 Å². The van der Waals surface area contributed by atoms with Crippen LogP contribution in [0.1, 0.15) is 23.2 Å². The number of aromatic amines is 1. The predicted molar refractivity (Wildman–Crippen MR) is 139 cm³/mol. The zero-order valence-electron chi connectivity index (χ0n) is 20.4. The quantitative estimate of drug-likeness (QED) is 0.476. The third-order valence-electron chi connectivity index (χ3n) is 7.11. The molecule has 1 spiro atoms. The number of fused-ring (bicyclic) bond motifs is 1. The van der Waals surface area contributed by atoms with E-state index in [1.807, 2.05) is 5.32 Å². The molecule has 0 aliphatic carbocycles. The number of carbonyl (C=O) groups is 3. The highest BCUT2D eigenvalue weighted by Crippen LogP contribution is 2.41. The van der Waals surface area contributed by atoms with E-state index >= 15 is 0 Å². The molecule has 2 fully saturated rings. The van der Waals surface area contributed by atoms with Crippen molar-refractivity contribution in [3.63, 3.8) is 0 Å². The van der Waals surface area contributed by atoms with Gasteiger partial charge in [-0.3, -0.25) is 19.5 Å². The van der Waals surface area contributed by atoms with Crippen LogP contribution in [0.4, 0.5) is 18.9 Å². The number of benzene rings is 2.